The van der Waals surface area contributed by atoms with E-state index in [-0.39, 0.29) is 6.54 Å². The summed E-state index contributed by atoms with van der Waals surface area (Å²) in [4.78, 5) is 11.9. The zero-order chi connectivity index (χ0) is 16.2. The zero-order valence-electron chi connectivity index (χ0n) is 12.1. The van der Waals surface area contributed by atoms with Crippen LogP contribution < -0.4 is 5.73 Å². The van der Waals surface area contributed by atoms with Crippen LogP contribution in [0.1, 0.15) is 19.4 Å². The van der Waals surface area contributed by atoms with E-state index in [0.717, 1.165) is 11.4 Å². The topological polar surface area (TPSA) is 116 Å². The molecule has 0 heterocycles. The lowest BCUT2D eigenvalue weighted by atomic mass is 9.98. The lowest BCUT2D eigenvalue weighted by Gasteiger charge is -2.37. The second-order valence-corrected chi connectivity index (χ2v) is 5.97. The van der Waals surface area contributed by atoms with Crippen LogP contribution >= 0.6 is 0 Å². The van der Waals surface area contributed by atoms with E-state index in [2.05, 4.69) is 4.74 Å². The van der Waals surface area contributed by atoms with Gasteiger partial charge in [0.2, 0.25) is 0 Å². The number of nitrogens with two attached hydrogens (primary N) is 1. The van der Waals surface area contributed by atoms with Gasteiger partial charge in [0.15, 0.2) is 0 Å². The maximum absolute atomic E-state index is 11.9. The van der Waals surface area contributed by atoms with Gasteiger partial charge in [0.1, 0.15) is 6.04 Å². The number of nitrogen functional groups attached to an aromatic ring is 1. The summed E-state index contributed by atoms with van der Waals surface area (Å²) in [5.74, 6) is -0.846. The van der Waals surface area contributed by atoms with E-state index >= 15 is 0 Å². The van der Waals surface area contributed by atoms with Crippen molar-refractivity contribution in [2.45, 2.75) is 32.0 Å². The molecular formula is C13H19N2O5S-. The third-order valence-electron chi connectivity index (χ3n) is 2.95. The molecule has 0 aliphatic rings. The van der Waals surface area contributed by atoms with Crippen LogP contribution in [0.5, 0.6) is 0 Å². The number of ether oxygens (including phenoxy) is 1. The molecule has 1 aromatic rings. The standard InChI is InChI=1S/C13H20N2O5S/c1-13(2,17)11(12(16)20-3)15(21(18)19)8-9-6-4-5-7-10(9)14/h4-7,11,17H,8,14H2,1-3H3,(H,18,19)/p-1. The van der Waals surface area contributed by atoms with E-state index in [0.29, 0.717) is 11.3 Å². The first-order valence-electron chi connectivity index (χ1n) is 6.18. The van der Waals surface area contributed by atoms with Gasteiger partial charge in [-0.15, -0.1) is 0 Å². The summed E-state index contributed by atoms with van der Waals surface area (Å²) in [7, 11) is 1.13. The van der Waals surface area contributed by atoms with Crippen LogP contribution in [0.4, 0.5) is 5.69 Å². The molecule has 118 valence electrons. The monoisotopic (exact) mass is 315 g/mol. The van der Waals surface area contributed by atoms with Gasteiger partial charge in [-0.25, -0.2) is 4.31 Å². The Kier molecular flexibility index (Phi) is 5.85. The lowest BCUT2D eigenvalue weighted by molar-refractivity contribution is -0.153. The Labute approximate surface area is 126 Å². The van der Waals surface area contributed by atoms with Crippen molar-refractivity contribution in [1.29, 1.82) is 0 Å². The molecule has 2 unspecified atom stereocenters. The largest absolute Gasteiger partial charge is 0.760 e. The Bertz CT molecular complexity index is 530. The van der Waals surface area contributed by atoms with Crippen molar-refractivity contribution in [3.63, 3.8) is 0 Å². The number of carbonyl (C=O) groups excluding carboxylic acids is 1. The Morgan fingerprint density at radius 1 is 1.52 bits per heavy atom. The minimum Gasteiger partial charge on any atom is -0.760 e. The van der Waals surface area contributed by atoms with Crippen LogP contribution in [-0.4, -0.2) is 42.9 Å². The summed E-state index contributed by atoms with van der Waals surface area (Å²) in [5, 5.41) is 10.1. The fourth-order valence-corrected chi connectivity index (χ4v) is 2.71. The smallest absolute Gasteiger partial charge is 0.327 e. The molecule has 8 heteroatoms. The first kappa shape index (κ1) is 17.6. The van der Waals surface area contributed by atoms with Gasteiger partial charge in [-0.05, 0) is 25.5 Å². The van der Waals surface area contributed by atoms with Crippen LogP contribution in [0.2, 0.25) is 0 Å². The number of aliphatic hydroxyl groups is 1. The summed E-state index contributed by atoms with van der Waals surface area (Å²) in [5.41, 5.74) is 5.09. The van der Waals surface area contributed by atoms with Gasteiger partial charge in [-0.2, -0.15) is 0 Å². The van der Waals surface area contributed by atoms with Crippen molar-refractivity contribution in [3.8, 4) is 0 Å². The molecule has 2 atom stereocenters. The number of esters is 1. The molecule has 1 aromatic carbocycles. The Balaban J connectivity index is 3.18. The van der Waals surface area contributed by atoms with Gasteiger partial charge < -0.3 is 20.1 Å². The molecule has 0 aromatic heterocycles. The highest BCUT2D eigenvalue weighted by molar-refractivity contribution is 7.76. The molecule has 0 aliphatic carbocycles. The second-order valence-electron chi connectivity index (χ2n) is 5.07. The van der Waals surface area contributed by atoms with Crippen LogP contribution in [0.15, 0.2) is 24.3 Å². The molecule has 7 nitrogen and oxygen atoms in total. The van der Waals surface area contributed by atoms with Crippen molar-refractivity contribution in [2.24, 2.45) is 0 Å². The van der Waals surface area contributed by atoms with E-state index in [9.17, 15) is 18.7 Å². The normalized spacial score (nSPS) is 14.8. The van der Waals surface area contributed by atoms with Gasteiger partial charge in [-0.1, -0.05) is 18.2 Å². The molecule has 0 fully saturated rings. The number of hydrogen-bond donors (Lipinski definition) is 2. The summed E-state index contributed by atoms with van der Waals surface area (Å²) < 4.78 is 28.4. The van der Waals surface area contributed by atoms with Crippen LogP contribution in [0.25, 0.3) is 0 Å². The first-order valence-corrected chi connectivity index (χ1v) is 7.21. The maximum atomic E-state index is 11.9. The SMILES string of the molecule is COC(=O)C(N(Cc1ccccc1N)S(=O)[O-])C(C)(C)O. The van der Waals surface area contributed by atoms with Crippen LogP contribution in [0, 0.1) is 0 Å². The number of hydrogen-bond acceptors (Lipinski definition) is 6. The zero-order valence-corrected chi connectivity index (χ0v) is 12.9. The van der Waals surface area contributed by atoms with E-state index < -0.39 is 28.9 Å². The van der Waals surface area contributed by atoms with Crippen molar-refractivity contribution in [2.75, 3.05) is 12.8 Å². The fourth-order valence-electron chi connectivity index (χ4n) is 1.95. The highest BCUT2D eigenvalue weighted by Crippen LogP contribution is 2.23. The maximum Gasteiger partial charge on any atom is 0.327 e. The molecular weight excluding hydrogens is 296 g/mol. The minimum atomic E-state index is -2.74. The van der Waals surface area contributed by atoms with E-state index in [1.807, 2.05) is 0 Å². The van der Waals surface area contributed by atoms with Gasteiger partial charge in [0, 0.05) is 23.5 Å². The molecule has 0 aliphatic heterocycles. The van der Waals surface area contributed by atoms with E-state index in [1.165, 1.54) is 13.8 Å². The molecule has 3 N–H and O–H groups in total. The van der Waals surface area contributed by atoms with Gasteiger partial charge >= 0.3 is 5.97 Å². The van der Waals surface area contributed by atoms with Crippen molar-refractivity contribution < 1.29 is 23.4 Å². The number of carbonyl (C=O) groups is 1. The molecule has 0 bridgehead atoms. The summed E-state index contributed by atoms with van der Waals surface area (Å²) in [6, 6.07) is 5.31. The van der Waals surface area contributed by atoms with Crippen molar-refractivity contribution in [1.82, 2.24) is 4.31 Å². The predicted octanol–water partition coefficient (Wildman–Crippen LogP) is 0.177. The third-order valence-corrected chi connectivity index (χ3v) is 3.68. The average Bonchev–Trinajstić information content (AvgIpc) is 2.38. The Hall–Kier alpha value is -1.48. The highest BCUT2D eigenvalue weighted by atomic mass is 32.2. The Morgan fingerprint density at radius 2 is 2.10 bits per heavy atom. The average molecular weight is 315 g/mol. The summed E-state index contributed by atoms with van der Waals surface area (Å²) in [6.45, 7) is 2.53. The van der Waals surface area contributed by atoms with Crippen molar-refractivity contribution in [3.05, 3.63) is 29.8 Å². The number of rotatable bonds is 6. The number of benzene rings is 1. The van der Waals surface area contributed by atoms with Crippen LogP contribution in [0.3, 0.4) is 0 Å². The highest BCUT2D eigenvalue weighted by Gasteiger charge is 2.40. The quantitative estimate of drug-likeness (QED) is 0.439. The van der Waals surface area contributed by atoms with Gasteiger partial charge in [0.25, 0.3) is 0 Å². The van der Waals surface area contributed by atoms with Gasteiger partial charge in [0.05, 0.1) is 12.7 Å². The van der Waals surface area contributed by atoms with Gasteiger partial charge in [-0.3, -0.25) is 9.00 Å². The molecule has 0 radical (unpaired) electrons. The molecule has 1 rings (SSSR count). The summed E-state index contributed by atoms with van der Waals surface area (Å²) >= 11 is -2.74. The molecule has 21 heavy (non-hydrogen) atoms. The molecule has 0 saturated heterocycles. The minimum absolute atomic E-state index is 0.146. The number of methoxy groups -OCH3 is 1. The third kappa shape index (κ3) is 4.50. The number of anilines is 1. The fraction of sp³-hybridized carbons (Fsp3) is 0.462. The van der Waals surface area contributed by atoms with Crippen molar-refractivity contribution >= 4 is 22.9 Å². The predicted molar refractivity (Wildman–Crippen MR) is 77.4 cm³/mol. The van der Waals surface area contributed by atoms with E-state index in [1.54, 1.807) is 24.3 Å². The van der Waals surface area contributed by atoms with Crippen LogP contribution in [-0.2, 0) is 27.3 Å². The number of nitrogens with zero attached hydrogens (tertiary/aromatic N) is 1. The summed E-state index contributed by atoms with van der Waals surface area (Å²) in [6.07, 6.45) is 0. The Morgan fingerprint density at radius 3 is 2.52 bits per heavy atom. The molecule has 0 saturated carbocycles. The van der Waals surface area contributed by atoms with E-state index in [4.69, 9.17) is 5.73 Å². The first-order chi connectivity index (χ1) is 9.68. The number of para-hydroxylation sites is 1. The lowest BCUT2D eigenvalue weighted by Crippen LogP contribution is -2.54. The second kappa shape index (κ2) is 6.99. The molecule has 0 amide bonds. The molecule has 0 spiro atoms.